The summed E-state index contributed by atoms with van der Waals surface area (Å²) in [6.45, 7) is 1.36. The second-order valence-electron chi connectivity index (χ2n) is 4.74. The average Bonchev–Trinajstić information content (AvgIpc) is 3.13. The summed E-state index contributed by atoms with van der Waals surface area (Å²) in [4.78, 5) is 18.9. The zero-order valence-corrected chi connectivity index (χ0v) is 12.4. The second-order valence-corrected chi connectivity index (χ2v) is 4.74. The van der Waals surface area contributed by atoms with Gasteiger partial charge in [-0.3, -0.25) is 0 Å². The molecule has 0 saturated carbocycles. The van der Waals surface area contributed by atoms with Crippen molar-refractivity contribution in [2.75, 3.05) is 6.61 Å². The number of aromatic nitrogens is 4. The van der Waals surface area contributed by atoms with Gasteiger partial charge in [0.1, 0.15) is 0 Å². The highest BCUT2D eigenvalue weighted by Gasteiger charge is 2.38. The van der Waals surface area contributed by atoms with Crippen LogP contribution in [0, 0.1) is 0 Å². The molecule has 24 heavy (non-hydrogen) atoms. The van der Waals surface area contributed by atoms with Gasteiger partial charge in [0.15, 0.2) is 5.82 Å². The van der Waals surface area contributed by atoms with E-state index in [0.717, 1.165) is 4.57 Å². The van der Waals surface area contributed by atoms with Crippen LogP contribution in [0.5, 0.6) is 0 Å². The third kappa shape index (κ3) is 2.94. The topological polar surface area (TPSA) is 83.0 Å². The normalized spacial score (nSPS) is 11.8. The second kappa shape index (κ2) is 5.95. The molecule has 3 rings (SSSR count). The lowest BCUT2D eigenvalue weighted by atomic mass is 10.3. The van der Waals surface area contributed by atoms with Crippen LogP contribution in [0.3, 0.4) is 0 Å². The average molecular weight is 340 g/mol. The van der Waals surface area contributed by atoms with Crippen LogP contribution in [0.15, 0.2) is 28.8 Å². The first-order valence-electron chi connectivity index (χ1n) is 6.92. The van der Waals surface area contributed by atoms with Gasteiger partial charge in [-0.2, -0.15) is 18.2 Å². The lowest BCUT2D eigenvalue weighted by Crippen LogP contribution is -2.16. The van der Waals surface area contributed by atoms with Crippen molar-refractivity contribution in [3.8, 4) is 0 Å². The van der Waals surface area contributed by atoms with Gasteiger partial charge >= 0.3 is 18.0 Å². The van der Waals surface area contributed by atoms with E-state index < -0.39 is 23.9 Å². The molecule has 1 aromatic carbocycles. The van der Waals surface area contributed by atoms with Crippen molar-refractivity contribution in [2.45, 2.75) is 19.6 Å². The van der Waals surface area contributed by atoms with Crippen LogP contribution in [0.2, 0.25) is 0 Å². The van der Waals surface area contributed by atoms with Gasteiger partial charge in [-0.05, 0) is 19.1 Å². The molecule has 0 aliphatic rings. The molecule has 126 valence electrons. The van der Waals surface area contributed by atoms with E-state index in [1.165, 1.54) is 12.1 Å². The molecule has 0 fully saturated rings. The number of hydrogen-bond donors (Lipinski definition) is 0. The molecule has 0 atom stereocenters. The van der Waals surface area contributed by atoms with Gasteiger partial charge in [-0.25, -0.2) is 9.78 Å². The van der Waals surface area contributed by atoms with E-state index in [2.05, 4.69) is 15.1 Å². The minimum absolute atomic E-state index is 0.0910. The standard InChI is InChI=1S/C14H11F3N4O3/c1-2-23-12(22)11-19-10(20-24-11)7-21-9-6-4-3-5-8(9)18-13(21)14(15,16)17/h3-6H,2,7H2,1H3. The Balaban J connectivity index is 1.99. The van der Waals surface area contributed by atoms with Gasteiger partial charge < -0.3 is 13.8 Å². The van der Waals surface area contributed by atoms with E-state index in [4.69, 9.17) is 9.26 Å². The summed E-state index contributed by atoms with van der Waals surface area (Å²) in [5.74, 6) is -2.41. The van der Waals surface area contributed by atoms with Crippen LogP contribution in [0.4, 0.5) is 13.2 Å². The Kier molecular flexibility index (Phi) is 3.96. The molecule has 7 nitrogen and oxygen atoms in total. The number of rotatable bonds is 4. The van der Waals surface area contributed by atoms with E-state index in [1.807, 2.05) is 0 Å². The first-order valence-corrected chi connectivity index (χ1v) is 6.92. The molecule has 2 aromatic heterocycles. The number of hydrogen-bond acceptors (Lipinski definition) is 6. The zero-order chi connectivity index (χ0) is 17.3. The van der Waals surface area contributed by atoms with E-state index >= 15 is 0 Å². The maximum Gasteiger partial charge on any atom is 0.449 e. The van der Waals surface area contributed by atoms with Crippen LogP contribution in [-0.4, -0.2) is 32.3 Å². The molecule has 0 N–H and O–H groups in total. The third-order valence-corrected chi connectivity index (χ3v) is 3.13. The van der Waals surface area contributed by atoms with Crippen molar-refractivity contribution in [3.63, 3.8) is 0 Å². The largest absolute Gasteiger partial charge is 0.459 e. The van der Waals surface area contributed by atoms with E-state index in [9.17, 15) is 18.0 Å². The van der Waals surface area contributed by atoms with E-state index in [0.29, 0.717) is 0 Å². The number of esters is 1. The number of halogens is 3. The fourth-order valence-electron chi connectivity index (χ4n) is 2.19. The summed E-state index contributed by atoms with van der Waals surface area (Å²) in [5.41, 5.74) is 0.464. The fraction of sp³-hybridized carbons (Fsp3) is 0.286. The number of carbonyl (C=O) groups excluding carboxylic acids is 1. The quantitative estimate of drug-likeness (QED) is 0.679. The van der Waals surface area contributed by atoms with Crippen molar-refractivity contribution < 1.29 is 27.2 Å². The Morgan fingerprint density at radius 3 is 2.75 bits per heavy atom. The lowest BCUT2D eigenvalue weighted by Gasteiger charge is -2.09. The van der Waals surface area contributed by atoms with Gasteiger partial charge in [0.25, 0.3) is 0 Å². The van der Waals surface area contributed by atoms with Crippen molar-refractivity contribution in [1.29, 1.82) is 0 Å². The summed E-state index contributed by atoms with van der Waals surface area (Å²) >= 11 is 0. The highest BCUT2D eigenvalue weighted by Crippen LogP contribution is 2.31. The SMILES string of the molecule is CCOC(=O)c1nc(Cn2c(C(F)(F)F)nc3ccccc32)no1. The fourth-order valence-corrected chi connectivity index (χ4v) is 2.19. The molecule has 0 aliphatic carbocycles. The molecule has 0 amide bonds. The van der Waals surface area contributed by atoms with Gasteiger partial charge in [-0.1, -0.05) is 17.3 Å². The first kappa shape index (κ1) is 16.0. The van der Waals surface area contributed by atoms with Crippen molar-refractivity contribution >= 4 is 17.0 Å². The van der Waals surface area contributed by atoms with Crippen LogP contribution in [0.25, 0.3) is 11.0 Å². The van der Waals surface area contributed by atoms with Gasteiger partial charge in [0.2, 0.25) is 5.82 Å². The number of ether oxygens (including phenoxy) is 1. The Bertz CT molecular complexity index is 885. The Morgan fingerprint density at radius 1 is 1.29 bits per heavy atom. The summed E-state index contributed by atoms with van der Waals surface area (Å²) in [5, 5.41) is 3.52. The third-order valence-electron chi connectivity index (χ3n) is 3.13. The molecule has 0 unspecified atom stereocenters. The molecule has 0 saturated heterocycles. The van der Waals surface area contributed by atoms with Crippen LogP contribution in [0.1, 0.15) is 29.3 Å². The van der Waals surface area contributed by atoms with Gasteiger partial charge in [0, 0.05) is 0 Å². The van der Waals surface area contributed by atoms with Crippen LogP contribution in [-0.2, 0) is 17.5 Å². The molecule has 0 aliphatic heterocycles. The summed E-state index contributed by atoms with van der Waals surface area (Å²) in [6, 6.07) is 6.17. The summed E-state index contributed by atoms with van der Waals surface area (Å²) < 4.78 is 49.9. The predicted octanol–water partition coefficient (Wildman–Crippen LogP) is 2.66. The molecule has 0 spiro atoms. The molecule has 3 aromatic rings. The smallest absolute Gasteiger partial charge is 0.449 e. The lowest BCUT2D eigenvalue weighted by molar-refractivity contribution is -0.146. The van der Waals surface area contributed by atoms with E-state index in [-0.39, 0.29) is 30.0 Å². The first-order chi connectivity index (χ1) is 11.4. The Morgan fingerprint density at radius 2 is 2.04 bits per heavy atom. The number of nitrogens with zero attached hydrogens (tertiary/aromatic N) is 4. The number of benzene rings is 1. The molecule has 0 bridgehead atoms. The summed E-state index contributed by atoms with van der Waals surface area (Å²) in [6.07, 6.45) is -4.65. The molecular formula is C14H11F3N4O3. The molecular weight excluding hydrogens is 329 g/mol. The number of imidazole rings is 1. The maximum atomic E-state index is 13.2. The van der Waals surface area contributed by atoms with Crippen molar-refractivity contribution in [3.05, 3.63) is 41.8 Å². The number of alkyl halides is 3. The van der Waals surface area contributed by atoms with Crippen LogP contribution >= 0.6 is 0 Å². The minimum Gasteiger partial charge on any atom is -0.459 e. The Hall–Kier alpha value is -2.91. The highest BCUT2D eigenvalue weighted by molar-refractivity contribution is 5.84. The number of fused-ring (bicyclic) bond motifs is 1. The molecule has 2 heterocycles. The number of para-hydroxylation sites is 2. The van der Waals surface area contributed by atoms with Gasteiger partial charge in [-0.15, -0.1) is 0 Å². The van der Waals surface area contributed by atoms with Crippen molar-refractivity contribution in [1.82, 2.24) is 19.7 Å². The van der Waals surface area contributed by atoms with E-state index in [1.54, 1.807) is 19.1 Å². The molecule has 0 radical (unpaired) electrons. The van der Waals surface area contributed by atoms with Crippen molar-refractivity contribution in [2.24, 2.45) is 0 Å². The highest BCUT2D eigenvalue weighted by atomic mass is 19.4. The summed E-state index contributed by atoms with van der Waals surface area (Å²) in [7, 11) is 0. The predicted molar refractivity (Wildman–Crippen MR) is 74.1 cm³/mol. The Labute approximate surface area is 133 Å². The zero-order valence-electron chi connectivity index (χ0n) is 12.4. The minimum atomic E-state index is -4.65. The maximum absolute atomic E-state index is 13.2. The molecule has 10 heteroatoms. The number of carbonyl (C=O) groups is 1. The van der Waals surface area contributed by atoms with Gasteiger partial charge in [0.05, 0.1) is 24.2 Å². The van der Waals surface area contributed by atoms with Crippen LogP contribution < -0.4 is 0 Å². The monoisotopic (exact) mass is 340 g/mol.